The van der Waals surface area contributed by atoms with Crippen LogP contribution < -0.4 is 10.6 Å². The van der Waals surface area contributed by atoms with Crippen molar-refractivity contribution >= 4 is 46.8 Å². The van der Waals surface area contributed by atoms with Crippen molar-refractivity contribution in [3.8, 4) is 0 Å². The Morgan fingerprint density at radius 3 is 2.56 bits per heavy atom. The van der Waals surface area contributed by atoms with Gasteiger partial charge in [-0.15, -0.1) is 11.8 Å². The van der Waals surface area contributed by atoms with Crippen molar-refractivity contribution in [2.45, 2.75) is 23.1 Å². The molecule has 2 heterocycles. The van der Waals surface area contributed by atoms with Crippen LogP contribution in [0.5, 0.6) is 0 Å². The predicted octanol–water partition coefficient (Wildman–Crippen LogP) is 2.85. The van der Waals surface area contributed by atoms with Crippen LogP contribution in [0, 0.1) is 0 Å². The van der Waals surface area contributed by atoms with Crippen LogP contribution in [0.2, 0.25) is 5.02 Å². The Morgan fingerprint density at radius 1 is 1.12 bits per heavy atom. The number of rotatable bonds is 5. The Balaban J connectivity index is 1.27. The lowest BCUT2D eigenvalue weighted by atomic mass is 10.1. The van der Waals surface area contributed by atoms with Crippen LogP contribution in [0.3, 0.4) is 0 Å². The molecule has 1 saturated heterocycles. The van der Waals surface area contributed by atoms with Crippen LogP contribution in [0.25, 0.3) is 0 Å². The molecule has 2 aromatic carbocycles. The molecule has 1 unspecified atom stereocenters. The SMILES string of the molecule is CN1CCN(C(=O)c2ccc(CNC(=O)CC3Sc4ccc(Cl)cc4NC3=O)cc2)CC1. The minimum Gasteiger partial charge on any atom is -0.352 e. The molecule has 0 bridgehead atoms. The summed E-state index contributed by atoms with van der Waals surface area (Å²) in [6.45, 7) is 3.57. The second-order valence-corrected chi connectivity index (χ2v) is 9.69. The quantitative estimate of drug-likeness (QED) is 0.699. The number of thioether (sulfide) groups is 1. The number of carbonyl (C=O) groups is 3. The second kappa shape index (κ2) is 9.94. The normalized spacial score (nSPS) is 18.6. The van der Waals surface area contributed by atoms with Gasteiger partial charge in [-0.1, -0.05) is 23.7 Å². The van der Waals surface area contributed by atoms with Crippen molar-refractivity contribution in [1.29, 1.82) is 0 Å². The highest BCUT2D eigenvalue weighted by Crippen LogP contribution is 2.38. The molecule has 0 aromatic heterocycles. The van der Waals surface area contributed by atoms with E-state index in [1.807, 2.05) is 23.1 Å². The number of nitrogens with zero attached hydrogens (tertiary/aromatic N) is 2. The molecule has 3 amide bonds. The Bertz CT molecular complexity index is 1020. The Labute approximate surface area is 196 Å². The molecule has 0 spiro atoms. The van der Waals surface area contributed by atoms with Crippen molar-refractivity contribution in [1.82, 2.24) is 15.1 Å². The van der Waals surface area contributed by atoms with Crippen LogP contribution in [0.1, 0.15) is 22.3 Å². The lowest BCUT2D eigenvalue weighted by Gasteiger charge is -2.32. The maximum Gasteiger partial charge on any atom is 0.253 e. The lowest BCUT2D eigenvalue weighted by Crippen LogP contribution is -2.47. The molecule has 2 aliphatic heterocycles. The van der Waals surface area contributed by atoms with Crippen molar-refractivity contribution in [2.24, 2.45) is 0 Å². The third kappa shape index (κ3) is 5.43. The molecule has 0 saturated carbocycles. The van der Waals surface area contributed by atoms with Crippen LogP contribution >= 0.6 is 23.4 Å². The number of hydrogen-bond acceptors (Lipinski definition) is 5. The summed E-state index contributed by atoms with van der Waals surface area (Å²) in [5.41, 5.74) is 2.23. The fraction of sp³-hybridized carbons (Fsp3) is 0.348. The number of fused-ring (bicyclic) bond motifs is 1. The van der Waals surface area contributed by atoms with Gasteiger partial charge in [0.25, 0.3) is 5.91 Å². The van der Waals surface area contributed by atoms with Gasteiger partial charge in [-0.25, -0.2) is 0 Å². The molecule has 4 rings (SSSR count). The molecule has 2 aliphatic rings. The third-order valence-corrected chi connectivity index (χ3v) is 7.12. The van der Waals surface area contributed by atoms with Gasteiger partial charge in [-0.05, 0) is 42.9 Å². The summed E-state index contributed by atoms with van der Waals surface area (Å²) in [5, 5.41) is 5.74. The number of nitrogens with one attached hydrogen (secondary N) is 2. The first-order valence-corrected chi connectivity index (χ1v) is 11.8. The molecule has 0 aliphatic carbocycles. The van der Waals surface area contributed by atoms with Gasteiger partial charge >= 0.3 is 0 Å². The van der Waals surface area contributed by atoms with E-state index in [-0.39, 0.29) is 24.1 Å². The highest BCUT2D eigenvalue weighted by atomic mass is 35.5. The Kier molecular flexibility index (Phi) is 7.03. The highest BCUT2D eigenvalue weighted by molar-refractivity contribution is 8.01. The zero-order valence-corrected chi connectivity index (χ0v) is 19.3. The van der Waals surface area contributed by atoms with Gasteiger partial charge in [-0.3, -0.25) is 14.4 Å². The fourth-order valence-corrected chi connectivity index (χ4v) is 4.92. The van der Waals surface area contributed by atoms with Crippen LogP contribution in [0.4, 0.5) is 5.69 Å². The largest absolute Gasteiger partial charge is 0.352 e. The van der Waals surface area contributed by atoms with E-state index >= 15 is 0 Å². The zero-order chi connectivity index (χ0) is 22.7. The van der Waals surface area contributed by atoms with Crippen LogP contribution in [-0.4, -0.2) is 66.0 Å². The molecule has 0 radical (unpaired) electrons. The molecule has 2 aromatic rings. The standard InChI is InChI=1S/C23H25ClN4O3S/c1-27-8-10-28(11-9-27)23(31)16-4-2-15(3-5-16)14-25-21(29)13-20-22(30)26-18-12-17(24)6-7-19(18)32-20/h2-7,12,20H,8-11,13-14H2,1H3,(H,25,29)(H,26,30). The summed E-state index contributed by atoms with van der Waals surface area (Å²) >= 11 is 7.33. The molecular weight excluding hydrogens is 448 g/mol. The number of carbonyl (C=O) groups excluding carboxylic acids is 3. The van der Waals surface area contributed by atoms with E-state index < -0.39 is 5.25 Å². The number of halogens is 1. The maximum atomic E-state index is 12.6. The number of hydrogen-bond donors (Lipinski definition) is 2. The minimum atomic E-state index is -0.493. The maximum absolute atomic E-state index is 12.6. The Hall–Kier alpha value is -2.55. The molecule has 32 heavy (non-hydrogen) atoms. The average Bonchev–Trinajstić information content (AvgIpc) is 2.79. The number of benzene rings is 2. The number of likely N-dealkylation sites (N-methyl/N-ethyl adjacent to an activating group) is 1. The van der Waals surface area contributed by atoms with Crippen LogP contribution in [0.15, 0.2) is 47.4 Å². The van der Waals surface area contributed by atoms with E-state index in [4.69, 9.17) is 11.6 Å². The van der Waals surface area contributed by atoms with Crippen molar-refractivity contribution in [2.75, 3.05) is 38.5 Å². The van der Waals surface area contributed by atoms with Crippen LogP contribution in [-0.2, 0) is 16.1 Å². The molecule has 1 atom stereocenters. The number of piperazine rings is 1. The first-order chi connectivity index (χ1) is 15.4. The molecule has 7 nitrogen and oxygen atoms in total. The zero-order valence-electron chi connectivity index (χ0n) is 17.8. The van der Waals surface area contributed by atoms with Gasteiger partial charge < -0.3 is 20.4 Å². The van der Waals surface area contributed by atoms with E-state index in [1.54, 1.807) is 24.3 Å². The summed E-state index contributed by atoms with van der Waals surface area (Å²) < 4.78 is 0. The lowest BCUT2D eigenvalue weighted by molar-refractivity contribution is -0.124. The van der Waals surface area contributed by atoms with Gasteiger partial charge in [0.1, 0.15) is 0 Å². The topological polar surface area (TPSA) is 81.8 Å². The molecule has 2 N–H and O–H groups in total. The van der Waals surface area contributed by atoms with Crippen molar-refractivity contribution < 1.29 is 14.4 Å². The first-order valence-electron chi connectivity index (χ1n) is 10.5. The van der Waals surface area contributed by atoms with E-state index in [1.165, 1.54) is 11.8 Å². The second-order valence-electron chi connectivity index (χ2n) is 8.01. The van der Waals surface area contributed by atoms with Crippen molar-refractivity contribution in [3.63, 3.8) is 0 Å². The summed E-state index contributed by atoms with van der Waals surface area (Å²) in [5.74, 6) is -0.366. The average molecular weight is 473 g/mol. The first kappa shape index (κ1) is 22.6. The molecule has 1 fully saturated rings. The summed E-state index contributed by atoms with van der Waals surface area (Å²) in [4.78, 5) is 42.4. The van der Waals surface area contributed by atoms with E-state index in [9.17, 15) is 14.4 Å². The van der Waals surface area contributed by atoms with E-state index in [0.717, 1.165) is 36.6 Å². The van der Waals surface area contributed by atoms with E-state index in [2.05, 4.69) is 22.6 Å². The Morgan fingerprint density at radius 2 is 1.84 bits per heavy atom. The summed E-state index contributed by atoms with van der Waals surface area (Å²) in [7, 11) is 2.05. The van der Waals surface area contributed by atoms with Gasteiger partial charge in [0.15, 0.2) is 0 Å². The van der Waals surface area contributed by atoms with E-state index in [0.29, 0.717) is 22.8 Å². The number of amides is 3. The van der Waals surface area contributed by atoms with Gasteiger partial charge in [0.2, 0.25) is 11.8 Å². The van der Waals surface area contributed by atoms with Gasteiger partial charge in [0.05, 0.1) is 10.9 Å². The molecule has 9 heteroatoms. The monoisotopic (exact) mass is 472 g/mol. The summed E-state index contributed by atoms with van der Waals surface area (Å²) in [6, 6.07) is 12.6. The smallest absolute Gasteiger partial charge is 0.253 e. The van der Waals surface area contributed by atoms with Gasteiger partial charge in [0, 0.05) is 54.6 Å². The highest BCUT2D eigenvalue weighted by Gasteiger charge is 2.29. The third-order valence-electron chi connectivity index (χ3n) is 5.61. The number of anilines is 1. The molecule has 168 valence electrons. The fourth-order valence-electron chi connectivity index (χ4n) is 3.66. The minimum absolute atomic E-state index is 0.0376. The predicted molar refractivity (Wildman–Crippen MR) is 126 cm³/mol. The molecular formula is C23H25ClN4O3S. The summed E-state index contributed by atoms with van der Waals surface area (Å²) in [6.07, 6.45) is 0.0819. The van der Waals surface area contributed by atoms with Crippen molar-refractivity contribution in [3.05, 3.63) is 58.6 Å². The van der Waals surface area contributed by atoms with Gasteiger partial charge in [-0.2, -0.15) is 0 Å².